The van der Waals surface area contributed by atoms with Gasteiger partial charge in [-0.15, -0.1) is 0 Å². The zero-order valence-corrected chi connectivity index (χ0v) is 30.3. The molecule has 3 heterocycles. The molecule has 0 amide bonds. The number of fused-ring (bicyclic) bond motifs is 6. The molecule has 262 valence electrons. The standard InChI is InChI=1S/C52H33N3O/c1-3-15-34(16-4-1)36-19-11-22-39(31-36)50-49-44-26-8-10-30-47(44)56-52(49)54-51(53-50)40-23-12-21-38(32-40)42-27-14-29-46-48(42)43-25-7-9-28-45(43)55(46)41-24-13-20-37(33-41)35-17-5-2-6-18-35/h1-33H. The summed E-state index contributed by atoms with van der Waals surface area (Å²) >= 11 is 0. The smallest absolute Gasteiger partial charge is 0.231 e. The van der Waals surface area contributed by atoms with Gasteiger partial charge in [-0.3, -0.25) is 0 Å². The minimum Gasteiger partial charge on any atom is -0.438 e. The number of aromatic nitrogens is 3. The molecule has 0 N–H and O–H groups in total. The monoisotopic (exact) mass is 715 g/mol. The lowest BCUT2D eigenvalue weighted by Crippen LogP contribution is -1.95. The van der Waals surface area contributed by atoms with E-state index in [4.69, 9.17) is 14.4 Å². The number of para-hydroxylation sites is 2. The molecule has 4 nitrogen and oxygen atoms in total. The topological polar surface area (TPSA) is 43.9 Å². The van der Waals surface area contributed by atoms with Crippen LogP contribution in [0.2, 0.25) is 0 Å². The van der Waals surface area contributed by atoms with E-state index in [0.717, 1.165) is 72.2 Å². The van der Waals surface area contributed by atoms with Gasteiger partial charge in [0.1, 0.15) is 5.58 Å². The summed E-state index contributed by atoms with van der Waals surface area (Å²) in [7, 11) is 0. The highest BCUT2D eigenvalue weighted by Crippen LogP contribution is 2.41. The Balaban J connectivity index is 1.08. The first-order valence-corrected chi connectivity index (χ1v) is 18.9. The van der Waals surface area contributed by atoms with Crippen LogP contribution in [0.5, 0.6) is 0 Å². The van der Waals surface area contributed by atoms with Crippen molar-refractivity contribution in [1.29, 1.82) is 0 Å². The maximum atomic E-state index is 6.44. The van der Waals surface area contributed by atoms with Crippen LogP contribution in [0.15, 0.2) is 205 Å². The van der Waals surface area contributed by atoms with Gasteiger partial charge in [-0.05, 0) is 75.8 Å². The van der Waals surface area contributed by atoms with Gasteiger partial charge >= 0.3 is 0 Å². The molecule has 56 heavy (non-hydrogen) atoms. The molecule has 0 unspecified atom stereocenters. The molecule has 0 bridgehead atoms. The van der Waals surface area contributed by atoms with Crippen molar-refractivity contribution in [3.05, 3.63) is 200 Å². The fourth-order valence-electron chi connectivity index (χ4n) is 8.26. The van der Waals surface area contributed by atoms with Crippen molar-refractivity contribution in [3.63, 3.8) is 0 Å². The third kappa shape index (κ3) is 5.31. The number of benzene rings is 8. The maximum absolute atomic E-state index is 6.44. The first-order valence-electron chi connectivity index (χ1n) is 18.9. The second kappa shape index (κ2) is 13.1. The number of nitrogens with zero attached hydrogens (tertiary/aromatic N) is 3. The molecule has 0 aliphatic rings. The quantitative estimate of drug-likeness (QED) is 0.172. The molecule has 0 spiro atoms. The lowest BCUT2D eigenvalue weighted by molar-refractivity contribution is 0.653. The number of rotatable bonds is 6. The van der Waals surface area contributed by atoms with E-state index < -0.39 is 0 Å². The van der Waals surface area contributed by atoms with E-state index >= 15 is 0 Å². The van der Waals surface area contributed by atoms with E-state index in [1.807, 2.05) is 24.3 Å². The first-order chi connectivity index (χ1) is 27.8. The van der Waals surface area contributed by atoms with Gasteiger partial charge in [0.05, 0.1) is 22.1 Å². The third-order valence-electron chi connectivity index (χ3n) is 10.8. The van der Waals surface area contributed by atoms with Crippen molar-refractivity contribution in [2.24, 2.45) is 0 Å². The predicted octanol–water partition coefficient (Wildman–Crippen LogP) is 13.8. The molecular weight excluding hydrogens is 683 g/mol. The van der Waals surface area contributed by atoms with Crippen LogP contribution >= 0.6 is 0 Å². The van der Waals surface area contributed by atoms with E-state index in [-0.39, 0.29) is 0 Å². The van der Waals surface area contributed by atoms with Gasteiger partial charge in [-0.1, -0.05) is 158 Å². The van der Waals surface area contributed by atoms with Crippen LogP contribution in [0.4, 0.5) is 0 Å². The Labute approximate surface area is 323 Å². The number of hydrogen-bond acceptors (Lipinski definition) is 3. The van der Waals surface area contributed by atoms with Crippen LogP contribution < -0.4 is 0 Å². The van der Waals surface area contributed by atoms with Crippen LogP contribution in [0.1, 0.15) is 0 Å². The molecule has 0 saturated carbocycles. The summed E-state index contributed by atoms with van der Waals surface area (Å²) in [6, 6.07) is 70.5. The Morgan fingerprint density at radius 3 is 1.75 bits per heavy atom. The summed E-state index contributed by atoms with van der Waals surface area (Å²) in [6.07, 6.45) is 0. The van der Waals surface area contributed by atoms with Crippen LogP contribution in [0.25, 0.3) is 106 Å². The van der Waals surface area contributed by atoms with Crippen molar-refractivity contribution < 1.29 is 4.42 Å². The Morgan fingerprint density at radius 1 is 0.375 bits per heavy atom. The molecule has 3 aromatic heterocycles. The molecule has 0 aliphatic heterocycles. The fraction of sp³-hybridized carbons (Fsp3) is 0. The highest BCUT2D eigenvalue weighted by atomic mass is 16.3. The molecule has 0 saturated heterocycles. The van der Waals surface area contributed by atoms with Crippen molar-refractivity contribution in [3.8, 4) is 61.7 Å². The molecule has 0 fully saturated rings. The third-order valence-corrected chi connectivity index (χ3v) is 10.8. The first kappa shape index (κ1) is 31.9. The maximum Gasteiger partial charge on any atom is 0.231 e. The molecule has 0 radical (unpaired) electrons. The van der Waals surface area contributed by atoms with Crippen LogP contribution in [-0.2, 0) is 0 Å². The summed E-state index contributed by atoms with van der Waals surface area (Å²) in [4.78, 5) is 10.4. The molecule has 11 rings (SSSR count). The summed E-state index contributed by atoms with van der Waals surface area (Å²) < 4.78 is 8.83. The zero-order chi connectivity index (χ0) is 37.0. The molecule has 11 aromatic rings. The molecule has 0 aliphatic carbocycles. The van der Waals surface area contributed by atoms with Gasteiger partial charge in [0, 0.05) is 33.0 Å². The van der Waals surface area contributed by atoms with E-state index in [2.05, 4.69) is 180 Å². The molecule has 8 aromatic carbocycles. The number of furan rings is 1. The Morgan fingerprint density at radius 2 is 0.946 bits per heavy atom. The minimum absolute atomic E-state index is 0.574. The second-order valence-corrected chi connectivity index (χ2v) is 14.2. The van der Waals surface area contributed by atoms with Crippen molar-refractivity contribution >= 4 is 43.9 Å². The van der Waals surface area contributed by atoms with Crippen molar-refractivity contribution in [2.45, 2.75) is 0 Å². The Bertz CT molecular complexity index is 3250. The summed E-state index contributed by atoms with van der Waals surface area (Å²) in [6.45, 7) is 0. The predicted molar refractivity (Wildman–Crippen MR) is 231 cm³/mol. The zero-order valence-electron chi connectivity index (χ0n) is 30.3. The van der Waals surface area contributed by atoms with Crippen molar-refractivity contribution in [2.75, 3.05) is 0 Å². The van der Waals surface area contributed by atoms with Gasteiger partial charge in [0.15, 0.2) is 5.82 Å². The highest BCUT2D eigenvalue weighted by Gasteiger charge is 2.20. The summed E-state index contributed by atoms with van der Waals surface area (Å²) in [5.74, 6) is 0.617. The van der Waals surface area contributed by atoms with Gasteiger partial charge in [-0.2, -0.15) is 4.98 Å². The summed E-state index contributed by atoms with van der Waals surface area (Å²) in [5.41, 5.74) is 14.5. The Hall–Kier alpha value is -7.56. The highest BCUT2D eigenvalue weighted by molar-refractivity contribution is 6.16. The van der Waals surface area contributed by atoms with Crippen LogP contribution in [-0.4, -0.2) is 14.5 Å². The van der Waals surface area contributed by atoms with E-state index in [1.165, 1.54) is 21.9 Å². The average molecular weight is 716 g/mol. The molecule has 0 atom stereocenters. The minimum atomic E-state index is 0.574. The molecular formula is C52H33N3O. The Kier molecular flexibility index (Phi) is 7.46. The summed E-state index contributed by atoms with van der Waals surface area (Å²) in [5, 5.41) is 4.33. The van der Waals surface area contributed by atoms with Gasteiger partial charge in [0.2, 0.25) is 5.71 Å². The average Bonchev–Trinajstić information content (AvgIpc) is 3.83. The molecule has 4 heteroatoms. The van der Waals surface area contributed by atoms with E-state index in [1.54, 1.807) is 0 Å². The lowest BCUT2D eigenvalue weighted by Gasteiger charge is -2.12. The number of hydrogen-bond donors (Lipinski definition) is 0. The SMILES string of the molecule is c1ccc(-c2cccc(-c3nc(-c4cccc(-c5cccc6c5c5ccccc5n6-c5cccc(-c6ccccc6)c5)c4)nc4oc5ccccc5c34)c2)cc1. The lowest BCUT2D eigenvalue weighted by atomic mass is 9.97. The van der Waals surface area contributed by atoms with Gasteiger partial charge < -0.3 is 8.98 Å². The van der Waals surface area contributed by atoms with Crippen LogP contribution in [0, 0.1) is 0 Å². The van der Waals surface area contributed by atoms with E-state index in [0.29, 0.717) is 11.5 Å². The van der Waals surface area contributed by atoms with Crippen molar-refractivity contribution in [1.82, 2.24) is 14.5 Å². The second-order valence-electron chi connectivity index (χ2n) is 14.2. The van der Waals surface area contributed by atoms with Gasteiger partial charge in [-0.25, -0.2) is 4.98 Å². The largest absolute Gasteiger partial charge is 0.438 e. The van der Waals surface area contributed by atoms with E-state index in [9.17, 15) is 0 Å². The van der Waals surface area contributed by atoms with Gasteiger partial charge in [0.25, 0.3) is 0 Å². The van der Waals surface area contributed by atoms with Crippen LogP contribution in [0.3, 0.4) is 0 Å². The fourth-order valence-corrected chi connectivity index (χ4v) is 8.26. The normalized spacial score (nSPS) is 11.6.